The molecule has 0 radical (unpaired) electrons. The fourth-order valence-corrected chi connectivity index (χ4v) is 1.04. The topological polar surface area (TPSA) is 12.4 Å². The molecule has 0 aromatic rings. The highest BCUT2D eigenvalue weighted by Crippen LogP contribution is 2.07. The number of nitrogens with zero attached hydrogens (tertiary/aromatic N) is 1. The minimum absolute atomic E-state index is 1.07. The van der Waals surface area contributed by atoms with Gasteiger partial charge in [0.2, 0.25) is 0 Å². The summed E-state index contributed by atoms with van der Waals surface area (Å²) in [6, 6.07) is 0. The van der Waals surface area contributed by atoms with Crippen molar-refractivity contribution in [3.05, 3.63) is 23.3 Å². The number of rotatable bonds is 2. The molecule has 0 N–H and O–H groups in total. The third-order valence-electron chi connectivity index (χ3n) is 1.13. The molecular formula is C9H15NS. The van der Waals surface area contributed by atoms with Crippen molar-refractivity contribution in [2.45, 2.75) is 27.7 Å². The Balaban J connectivity index is 4.00. The minimum Gasteiger partial charge on any atom is -0.252 e. The summed E-state index contributed by atoms with van der Waals surface area (Å²) in [6.07, 6.45) is 4.01. The van der Waals surface area contributed by atoms with Crippen molar-refractivity contribution < 1.29 is 0 Å². The third kappa shape index (κ3) is 5.92. The van der Waals surface area contributed by atoms with Crippen LogP contribution in [0.25, 0.3) is 0 Å². The predicted molar refractivity (Wildman–Crippen MR) is 54.9 cm³/mol. The van der Waals surface area contributed by atoms with Gasteiger partial charge in [-0.2, -0.15) is 0 Å². The zero-order chi connectivity index (χ0) is 8.69. The molecule has 0 saturated carbocycles. The first-order valence-corrected chi connectivity index (χ1v) is 4.54. The highest BCUT2D eigenvalue weighted by Gasteiger charge is 1.87. The second kappa shape index (κ2) is 6.23. The fourth-order valence-electron chi connectivity index (χ4n) is 0.506. The molecule has 0 aliphatic carbocycles. The van der Waals surface area contributed by atoms with Gasteiger partial charge in [0.15, 0.2) is 0 Å². The Morgan fingerprint density at radius 3 is 2.36 bits per heavy atom. The van der Waals surface area contributed by atoms with E-state index in [2.05, 4.69) is 4.99 Å². The van der Waals surface area contributed by atoms with E-state index in [4.69, 9.17) is 0 Å². The standard InChI is InChI=1S/C9H15NS/c1-5-7-11-9(4)10-8(3)6-2/h5-7H,1-4H3/b7-5-,8-6-,10-9?. The zero-order valence-corrected chi connectivity index (χ0v) is 8.40. The van der Waals surface area contributed by atoms with Crippen molar-refractivity contribution in [2.75, 3.05) is 0 Å². The molecule has 0 saturated heterocycles. The Morgan fingerprint density at radius 2 is 1.91 bits per heavy atom. The van der Waals surface area contributed by atoms with Gasteiger partial charge in [0.05, 0.1) is 5.04 Å². The molecule has 62 valence electrons. The maximum absolute atomic E-state index is 4.32. The van der Waals surface area contributed by atoms with Gasteiger partial charge in [-0.3, -0.25) is 4.99 Å². The van der Waals surface area contributed by atoms with Crippen LogP contribution in [-0.4, -0.2) is 5.04 Å². The van der Waals surface area contributed by atoms with Gasteiger partial charge in [0, 0.05) is 5.70 Å². The monoisotopic (exact) mass is 169 g/mol. The summed E-state index contributed by atoms with van der Waals surface area (Å²) in [6.45, 7) is 8.01. The maximum atomic E-state index is 4.32. The molecule has 11 heavy (non-hydrogen) atoms. The molecule has 1 nitrogen and oxygen atoms in total. The summed E-state index contributed by atoms with van der Waals surface area (Å²) in [4.78, 5) is 4.32. The van der Waals surface area contributed by atoms with Gasteiger partial charge in [-0.15, -0.1) is 0 Å². The lowest BCUT2D eigenvalue weighted by Crippen LogP contribution is -1.80. The molecule has 0 aliphatic heterocycles. The summed E-state index contributed by atoms with van der Waals surface area (Å²) in [5, 5.41) is 3.11. The Bertz CT molecular complexity index is 190. The van der Waals surface area contributed by atoms with E-state index >= 15 is 0 Å². The minimum atomic E-state index is 1.07. The predicted octanol–water partition coefficient (Wildman–Crippen LogP) is 3.60. The number of allylic oxidation sites excluding steroid dienone is 3. The van der Waals surface area contributed by atoms with E-state index in [-0.39, 0.29) is 0 Å². The average Bonchev–Trinajstić information content (AvgIpc) is 2.00. The number of thioether (sulfide) groups is 1. The molecule has 0 atom stereocenters. The van der Waals surface area contributed by atoms with Crippen molar-refractivity contribution in [3.8, 4) is 0 Å². The van der Waals surface area contributed by atoms with E-state index in [9.17, 15) is 0 Å². The Labute approximate surface area is 73.3 Å². The SMILES string of the molecule is C/C=C\SC(C)=N/C(C)=C\C. The smallest absolute Gasteiger partial charge is 0.0745 e. The van der Waals surface area contributed by atoms with Crippen molar-refractivity contribution in [1.82, 2.24) is 0 Å². The molecule has 0 aromatic carbocycles. The van der Waals surface area contributed by atoms with E-state index in [1.54, 1.807) is 11.8 Å². The average molecular weight is 169 g/mol. The molecule has 0 unspecified atom stereocenters. The van der Waals surface area contributed by atoms with Gasteiger partial charge in [0.25, 0.3) is 0 Å². The molecule has 0 rings (SSSR count). The largest absolute Gasteiger partial charge is 0.252 e. The van der Waals surface area contributed by atoms with Crippen LogP contribution in [0.4, 0.5) is 0 Å². The van der Waals surface area contributed by atoms with Crippen LogP contribution < -0.4 is 0 Å². The maximum Gasteiger partial charge on any atom is 0.0745 e. The molecule has 0 aliphatic rings. The summed E-state index contributed by atoms with van der Waals surface area (Å²) in [5.41, 5.74) is 1.07. The van der Waals surface area contributed by atoms with Crippen LogP contribution in [0.15, 0.2) is 28.2 Å². The first-order chi connectivity index (χ1) is 5.20. The van der Waals surface area contributed by atoms with Crippen molar-refractivity contribution in [3.63, 3.8) is 0 Å². The normalized spacial score (nSPS) is 14.5. The highest BCUT2D eigenvalue weighted by atomic mass is 32.2. The summed E-state index contributed by atoms with van der Waals surface area (Å²) in [5.74, 6) is 0. The van der Waals surface area contributed by atoms with E-state index in [1.165, 1.54) is 0 Å². The van der Waals surface area contributed by atoms with Crippen molar-refractivity contribution >= 4 is 16.8 Å². The summed E-state index contributed by atoms with van der Waals surface area (Å²) >= 11 is 1.65. The van der Waals surface area contributed by atoms with Gasteiger partial charge in [-0.1, -0.05) is 23.9 Å². The number of hydrogen-bond donors (Lipinski definition) is 0. The highest BCUT2D eigenvalue weighted by molar-refractivity contribution is 8.16. The van der Waals surface area contributed by atoms with Crippen LogP contribution >= 0.6 is 11.8 Å². The van der Waals surface area contributed by atoms with Gasteiger partial charge in [-0.05, 0) is 33.1 Å². The lowest BCUT2D eigenvalue weighted by molar-refractivity contribution is 1.29. The van der Waals surface area contributed by atoms with Crippen LogP contribution in [0.2, 0.25) is 0 Å². The zero-order valence-electron chi connectivity index (χ0n) is 7.59. The molecule has 0 spiro atoms. The Morgan fingerprint density at radius 1 is 1.27 bits per heavy atom. The second-order valence-electron chi connectivity index (χ2n) is 2.15. The van der Waals surface area contributed by atoms with E-state index in [0.29, 0.717) is 0 Å². The first kappa shape index (κ1) is 10.5. The molecule has 0 fully saturated rings. The van der Waals surface area contributed by atoms with Crippen molar-refractivity contribution in [2.24, 2.45) is 4.99 Å². The van der Waals surface area contributed by atoms with Crippen LogP contribution in [0.1, 0.15) is 27.7 Å². The van der Waals surface area contributed by atoms with Crippen LogP contribution in [-0.2, 0) is 0 Å². The van der Waals surface area contributed by atoms with Crippen molar-refractivity contribution in [1.29, 1.82) is 0 Å². The van der Waals surface area contributed by atoms with E-state index < -0.39 is 0 Å². The molecule has 0 bridgehead atoms. The van der Waals surface area contributed by atoms with Gasteiger partial charge < -0.3 is 0 Å². The molecule has 0 aromatic heterocycles. The summed E-state index contributed by atoms with van der Waals surface area (Å²) < 4.78 is 0. The molecule has 0 amide bonds. The lowest BCUT2D eigenvalue weighted by atomic mass is 10.5. The van der Waals surface area contributed by atoms with Gasteiger partial charge in [-0.25, -0.2) is 0 Å². The third-order valence-corrected chi connectivity index (χ3v) is 1.97. The quantitative estimate of drug-likeness (QED) is 0.454. The molecule has 2 heteroatoms. The fraction of sp³-hybridized carbons (Fsp3) is 0.444. The van der Waals surface area contributed by atoms with Gasteiger partial charge in [0.1, 0.15) is 0 Å². The summed E-state index contributed by atoms with van der Waals surface area (Å²) in [7, 11) is 0. The van der Waals surface area contributed by atoms with Crippen LogP contribution in [0, 0.1) is 0 Å². The molecule has 0 heterocycles. The number of hydrogen-bond acceptors (Lipinski definition) is 2. The molecular weight excluding hydrogens is 154 g/mol. The number of aliphatic imine (C=N–C) groups is 1. The Kier molecular flexibility index (Phi) is 5.94. The first-order valence-electron chi connectivity index (χ1n) is 3.66. The van der Waals surface area contributed by atoms with Gasteiger partial charge >= 0.3 is 0 Å². The Hall–Kier alpha value is -0.500. The van der Waals surface area contributed by atoms with E-state index in [0.717, 1.165) is 10.7 Å². The second-order valence-corrected chi connectivity index (χ2v) is 3.25. The lowest BCUT2D eigenvalue weighted by Gasteiger charge is -1.94. The van der Waals surface area contributed by atoms with E-state index in [1.807, 2.05) is 45.3 Å². The van der Waals surface area contributed by atoms with Crippen LogP contribution in [0.3, 0.4) is 0 Å². The van der Waals surface area contributed by atoms with Crippen LogP contribution in [0.5, 0.6) is 0 Å².